The van der Waals surface area contributed by atoms with Gasteiger partial charge in [-0.15, -0.1) is 0 Å². The van der Waals surface area contributed by atoms with Gasteiger partial charge in [0.1, 0.15) is 11.6 Å². The summed E-state index contributed by atoms with van der Waals surface area (Å²) in [4.78, 5) is 48.3. The minimum Gasteiger partial charge on any atom is -0.395 e. The number of aliphatic hydroxyl groups is 1. The molecule has 1 spiro atoms. The highest BCUT2D eigenvalue weighted by molar-refractivity contribution is 6.06. The number of carbonyl (C=O) groups is 3. The minimum atomic E-state index is -1.34. The molecule has 214 valence electrons. The highest BCUT2D eigenvalue weighted by Crippen LogP contribution is 2.58. The van der Waals surface area contributed by atoms with Gasteiger partial charge in [-0.1, -0.05) is 79.8 Å². The third-order valence-electron chi connectivity index (χ3n) is 9.29. The van der Waals surface area contributed by atoms with Crippen LogP contribution < -0.4 is 4.90 Å². The van der Waals surface area contributed by atoms with Gasteiger partial charge < -0.3 is 24.5 Å². The van der Waals surface area contributed by atoms with E-state index in [1.807, 2.05) is 93.6 Å². The predicted molar refractivity (Wildman–Crippen MR) is 155 cm³/mol. The lowest BCUT2D eigenvalue weighted by Gasteiger charge is -2.38. The Labute approximate surface area is 240 Å². The first-order valence-electron chi connectivity index (χ1n) is 14.4. The topological polar surface area (TPSA) is 90.4 Å². The molecule has 4 aliphatic rings. The number of carbonyl (C=O) groups excluding carboxylic acids is 3. The zero-order chi connectivity index (χ0) is 28.9. The minimum absolute atomic E-state index is 0.0190. The van der Waals surface area contributed by atoms with E-state index in [2.05, 4.69) is 0 Å². The summed E-state index contributed by atoms with van der Waals surface area (Å²) in [6.45, 7) is 6.70. The van der Waals surface area contributed by atoms with Crippen LogP contribution in [0.3, 0.4) is 0 Å². The van der Waals surface area contributed by atoms with Crippen molar-refractivity contribution in [1.29, 1.82) is 0 Å². The summed E-state index contributed by atoms with van der Waals surface area (Å²) in [7, 11) is 0. The molecule has 0 radical (unpaired) electrons. The van der Waals surface area contributed by atoms with Gasteiger partial charge in [-0.2, -0.15) is 0 Å². The normalized spacial score (nSPS) is 30.8. The first-order valence-corrected chi connectivity index (χ1v) is 14.4. The summed E-state index contributed by atoms with van der Waals surface area (Å²) < 4.78 is 7.00. The number of fused-ring (bicyclic) bond motifs is 2. The molecule has 1 unspecified atom stereocenters. The Morgan fingerprint density at radius 1 is 0.878 bits per heavy atom. The summed E-state index contributed by atoms with van der Waals surface area (Å²) in [6.07, 6.45) is 8.13. The van der Waals surface area contributed by atoms with Gasteiger partial charge in [0.25, 0.3) is 5.91 Å². The fourth-order valence-corrected chi connectivity index (χ4v) is 7.54. The van der Waals surface area contributed by atoms with E-state index in [1.165, 1.54) is 4.90 Å². The van der Waals surface area contributed by atoms with Crippen molar-refractivity contribution in [3.63, 3.8) is 0 Å². The number of aryl methyl sites for hydroxylation is 2. The molecule has 0 aromatic heterocycles. The van der Waals surface area contributed by atoms with Crippen molar-refractivity contribution < 1.29 is 24.2 Å². The first kappa shape index (κ1) is 27.4. The molecule has 4 aliphatic heterocycles. The van der Waals surface area contributed by atoms with Crippen molar-refractivity contribution in [2.45, 2.75) is 51.0 Å². The van der Waals surface area contributed by atoms with Crippen LogP contribution in [0.5, 0.6) is 0 Å². The Morgan fingerprint density at radius 3 is 2.27 bits per heavy atom. The molecule has 6 rings (SSSR count). The zero-order valence-electron chi connectivity index (χ0n) is 23.8. The second-order valence-electron chi connectivity index (χ2n) is 11.6. The Bertz CT molecular complexity index is 1420. The summed E-state index contributed by atoms with van der Waals surface area (Å²) in [5, 5.41) is 9.99. The summed E-state index contributed by atoms with van der Waals surface area (Å²) >= 11 is 0. The first-order chi connectivity index (χ1) is 19.8. The molecule has 0 aliphatic carbocycles. The Hall–Kier alpha value is -3.75. The van der Waals surface area contributed by atoms with Crippen molar-refractivity contribution in [2.75, 3.05) is 31.1 Å². The maximum atomic E-state index is 14.6. The van der Waals surface area contributed by atoms with Gasteiger partial charge in [0, 0.05) is 31.9 Å². The predicted octanol–water partition coefficient (Wildman–Crippen LogP) is 3.16. The molecular weight excluding hydrogens is 518 g/mol. The van der Waals surface area contributed by atoms with E-state index >= 15 is 0 Å². The molecule has 4 heterocycles. The number of hydrogen-bond donors (Lipinski definition) is 1. The number of benzene rings is 2. The van der Waals surface area contributed by atoms with Crippen LogP contribution in [0.15, 0.2) is 72.8 Å². The summed E-state index contributed by atoms with van der Waals surface area (Å²) in [6, 6.07) is 14.7. The molecule has 1 N–H and O–H groups in total. The number of ether oxygens (including phenoxy) is 1. The number of rotatable bonds is 6. The second-order valence-corrected chi connectivity index (χ2v) is 11.6. The average molecular weight is 556 g/mol. The molecular formula is C33H37N3O5. The quantitative estimate of drug-likeness (QED) is 0.553. The van der Waals surface area contributed by atoms with Crippen LogP contribution in [0, 0.1) is 25.7 Å². The Kier molecular flexibility index (Phi) is 6.86. The third-order valence-corrected chi connectivity index (χ3v) is 9.29. The monoisotopic (exact) mass is 555 g/mol. The van der Waals surface area contributed by atoms with E-state index in [0.717, 1.165) is 22.4 Å². The molecule has 8 heteroatoms. The van der Waals surface area contributed by atoms with Crippen LogP contribution in [-0.4, -0.2) is 76.1 Å². The highest BCUT2D eigenvalue weighted by Gasteiger charge is 2.75. The van der Waals surface area contributed by atoms with Crippen LogP contribution in [0.25, 0.3) is 0 Å². The Balaban J connectivity index is 1.46. The molecule has 2 aromatic rings. The van der Waals surface area contributed by atoms with E-state index in [-0.39, 0.29) is 30.9 Å². The molecule has 2 fully saturated rings. The number of para-hydroxylation sites is 1. The molecule has 8 nitrogen and oxygen atoms in total. The van der Waals surface area contributed by atoms with Gasteiger partial charge in [0.05, 0.1) is 24.0 Å². The maximum Gasteiger partial charge on any atom is 0.253 e. The van der Waals surface area contributed by atoms with Gasteiger partial charge in [0.2, 0.25) is 11.8 Å². The van der Waals surface area contributed by atoms with Crippen LogP contribution in [0.2, 0.25) is 0 Å². The third kappa shape index (κ3) is 4.07. The molecule has 5 atom stereocenters. The molecule has 3 amide bonds. The number of likely N-dealkylation sites (tertiary alicyclic amines) is 1. The molecule has 0 bridgehead atoms. The van der Waals surface area contributed by atoms with Crippen molar-refractivity contribution >= 4 is 23.4 Å². The van der Waals surface area contributed by atoms with Crippen LogP contribution in [0.4, 0.5) is 5.69 Å². The van der Waals surface area contributed by atoms with Gasteiger partial charge in [-0.3, -0.25) is 14.4 Å². The molecule has 2 aromatic carbocycles. The molecule has 41 heavy (non-hydrogen) atoms. The van der Waals surface area contributed by atoms with E-state index in [4.69, 9.17) is 4.74 Å². The second kappa shape index (κ2) is 10.3. The summed E-state index contributed by atoms with van der Waals surface area (Å²) in [5.74, 6) is -2.45. The van der Waals surface area contributed by atoms with Crippen molar-refractivity contribution in [3.8, 4) is 0 Å². The molecule has 0 saturated carbocycles. The maximum absolute atomic E-state index is 14.6. The number of β-amino-alcohol motifs (C(OH)–C–C–N with tert-alkyl or cyclic N) is 1. The van der Waals surface area contributed by atoms with Crippen molar-refractivity contribution in [2.24, 2.45) is 11.8 Å². The zero-order valence-corrected chi connectivity index (χ0v) is 23.8. The lowest BCUT2D eigenvalue weighted by atomic mass is 9.73. The lowest BCUT2D eigenvalue weighted by Crippen LogP contribution is -2.56. The number of hydrogen-bond acceptors (Lipinski definition) is 5. The van der Waals surface area contributed by atoms with E-state index in [0.29, 0.717) is 26.1 Å². The van der Waals surface area contributed by atoms with Gasteiger partial charge in [-0.25, -0.2) is 0 Å². The number of amides is 3. The van der Waals surface area contributed by atoms with Gasteiger partial charge in [0.15, 0.2) is 0 Å². The smallest absolute Gasteiger partial charge is 0.253 e. The van der Waals surface area contributed by atoms with E-state index in [9.17, 15) is 19.5 Å². The van der Waals surface area contributed by atoms with Gasteiger partial charge in [-0.05, 0) is 37.0 Å². The average Bonchev–Trinajstić information content (AvgIpc) is 3.25. The van der Waals surface area contributed by atoms with E-state index < -0.39 is 29.1 Å². The summed E-state index contributed by atoms with van der Waals surface area (Å²) in [5.41, 5.74) is 1.33. The lowest BCUT2D eigenvalue weighted by molar-refractivity contribution is -0.150. The van der Waals surface area contributed by atoms with Crippen LogP contribution >= 0.6 is 0 Å². The van der Waals surface area contributed by atoms with Gasteiger partial charge >= 0.3 is 0 Å². The number of anilines is 1. The number of nitrogens with zero attached hydrogens (tertiary/aromatic N) is 3. The largest absolute Gasteiger partial charge is 0.395 e. The van der Waals surface area contributed by atoms with Crippen LogP contribution in [-0.2, 0) is 25.7 Å². The van der Waals surface area contributed by atoms with Crippen LogP contribution in [0.1, 0.15) is 30.0 Å². The Morgan fingerprint density at radius 2 is 1.59 bits per heavy atom. The van der Waals surface area contributed by atoms with Crippen molar-refractivity contribution in [3.05, 3.63) is 89.5 Å². The molecule has 2 saturated heterocycles. The highest BCUT2D eigenvalue weighted by atomic mass is 16.5. The number of aliphatic hydroxyl groups excluding tert-OH is 1. The van der Waals surface area contributed by atoms with Crippen molar-refractivity contribution in [1.82, 2.24) is 9.80 Å². The fourth-order valence-electron chi connectivity index (χ4n) is 7.54. The standard InChI is InChI=1S/C33H37N3O5/c1-4-32-15-9-17-34(21-24-13-6-5-7-14-24)29(38)25(32)26-30(39)36(19-20-37)28-31(40)35(18-10-16-33(26,28)41-32)27-22(2)11-8-12-23(27)3/h5-16,25-26,28,37H,4,17-21H2,1-3H3/t25-,26+,28?,32+,33+/m1/s1. The fraction of sp³-hybridized carbons (Fsp3) is 0.424. The SMILES string of the molecule is CC[C@]12C=CCN(Cc3ccccc3)C(=O)[C@H]1[C@H]1C(=O)N(CCO)C3C(=O)N(c4c(C)cccc4C)CC=C[C@@]31O2. The van der Waals surface area contributed by atoms with E-state index in [1.54, 1.807) is 9.80 Å².